The molecule has 5 nitrogen and oxygen atoms in total. The van der Waals surface area contributed by atoms with Gasteiger partial charge in [0.25, 0.3) is 0 Å². The first kappa shape index (κ1) is 13.4. The Balaban J connectivity index is 2.30. The molecule has 1 heterocycles. The van der Waals surface area contributed by atoms with Gasteiger partial charge in [0.05, 0.1) is 0 Å². The van der Waals surface area contributed by atoms with Gasteiger partial charge in [-0.1, -0.05) is 22.9 Å². The van der Waals surface area contributed by atoms with Crippen molar-refractivity contribution >= 4 is 17.6 Å². The molecule has 0 amide bonds. The highest BCUT2D eigenvalue weighted by Crippen LogP contribution is 2.25. The number of nitrogens with zero attached hydrogens (tertiary/aromatic N) is 3. The number of rotatable bonds is 3. The molecular weight excluding hydrogens is 260 g/mol. The monoisotopic (exact) mass is 274 g/mol. The van der Waals surface area contributed by atoms with Gasteiger partial charge in [0.1, 0.15) is 5.69 Å². The molecule has 0 radical (unpaired) electrons. The molecule has 0 aliphatic carbocycles. The lowest BCUT2D eigenvalue weighted by Gasteiger charge is -2.05. The highest BCUT2D eigenvalue weighted by atomic mass is 32.2. The van der Waals surface area contributed by atoms with Crippen LogP contribution in [0, 0.1) is 13.8 Å². The van der Waals surface area contributed by atoms with Gasteiger partial charge in [0.2, 0.25) is 0 Å². The minimum Gasteiger partial charge on any atom is -0.409 e. The summed E-state index contributed by atoms with van der Waals surface area (Å²) in [6, 6.07) is 9.75. The van der Waals surface area contributed by atoms with E-state index in [9.17, 15) is 0 Å². The van der Waals surface area contributed by atoms with Crippen LogP contribution in [0.25, 0.3) is 0 Å². The van der Waals surface area contributed by atoms with Crippen molar-refractivity contribution in [1.82, 2.24) is 9.97 Å². The number of hydrogen-bond acceptors (Lipinski definition) is 5. The Morgan fingerprint density at radius 3 is 2.53 bits per heavy atom. The average molecular weight is 274 g/mol. The van der Waals surface area contributed by atoms with Gasteiger partial charge in [-0.3, -0.25) is 0 Å². The van der Waals surface area contributed by atoms with Crippen molar-refractivity contribution in [2.75, 3.05) is 0 Å². The maximum absolute atomic E-state index is 8.69. The highest BCUT2D eigenvalue weighted by Gasteiger charge is 2.07. The Labute approximate surface area is 115 Å². The summed E-state index contributed by atoms with van der Waals surface area (Å²) in [6.45, 7) is 3.88. The van der Waals surface area contributed by atoms with Gasteiger partial charge in [0, 0.05) is 10.6 Å². The van der Waals surface area contributed by atoms with Crippen molar-refractivity contribution in [3.63, 3.8) is 0 Å². The molecule has 3 N–H and O–H groups in total. The van der Waals surface area contributed by atoms with Crippen LogP contribution in [0.2, 0.25) is 0 Å². The van der Waals surface area contributed by atoms with E-state index in [0.717, 1.165) is 10.6 Å². The third-order valence-electron chi connectivity index (χ3n) is 2.43. The Morgan fingerprint density at radius 2 is 1.89 bits per heavy atom. The molecule has 2 rings (SSSR count). The van der Waals surface area contributed by atoms with Crippen molar-refractivity contribution in [2.24, 2.45) is 10.9 Å². The molecular formula is C13H14N4OS. The quantitative estimate of drug-likeness (QED) is 0.295. The summed E-state index contributed by atoms with van der Waals surface area (Å²) < 4.78 is 0. The van der Waals surface area contributed by atoms with Gasteiger partial charge in [-0.2, -0.15) is 0 Å². The first-order valence-electron chi connectivity index (χ1n) is 5.66. The van der Waals surface area contributed by atoms with E-state index in [0.29, 0.717) is 10.9 Å². The topological polar surface area (TPSA) is 84.4 Å². The van der Waals surface area contributed by atoms with E-state index in [1.807, 2.05) is 38.1 Å². The molecule has 2 aromatic rings. The van der Waals surface area contributed by atoms with Crippen molar-refractivity contribution in [3.05, 3.63) is 47.3 Å². The number of oxime groups is 1. The molecule has 1 aromatic heterocycles. The van der Waals surface area contributed by atoms with E-state index in [2.05, 4.69) is 15.1 Å². The van der Waals surface area contributed by atoms with Crippen molar-refractivity contribution in [1.29, 1.82) is 0 Å². The van der Waals surface area contributed by atoms with Gasteiger partial charge in [-0.15, -0.1) is 0 Å². The van der Waals surface area contributed by atoms with E-state index < -0.39 is 0 Å². The molecule has 98 valence electrons. The summed E-state index contributed by atoms with van der Waals surface area (Å²) in [4.78, 5) is 9.63. The maximum atomic E-state index is 8.69. The number of aryl methyl sites for hydroxylation is 2. The smallest absolute Gasteiger partial charge is 0.193 e. The molecule has 0 spiro atoms. The summed E-state index contributed by atoms with van der Waals surface area (Å²) in [5.41, 5.74) is 7.94. The number of aromatic nitrogens is 2. The minimum absolute atomic E-state index is 0.0174. The van der Waals surface area contributed by atoms with Crippen molar-refractivity contribution < 1.29 is 5.21 Å². The first-order chi connectivity index (χ1) is 9.08. The molecule has 19 heavy (non-hydrogen) atoms. The SMILES string of the molecule is Cc1ccc(Sc2nc(C)cc(/C(N)=N/O)n2)cc1. The second-order valence-electron chi connectivity index (χ2n) is 4.08. The maximum Gasteiger partial charge on any atom is 0.193 e. The van der Waals surface area contributed by atoms with E-state index in [-0.39, 0.29) is 5.84 Å². The molecule has 0 saturated heterocycles. The lowest BCUT2D eigenvalue weighted by Crippen LogP contribution is -2.16. The number of amidine groups is 1. The molecule has 0 bridgehead atoms. The van der Waals surface area contributed by atoms with Gasteiger partial charge in [-0.05, 0) is 43.8 Å². The normalized spacial score (nSPS) is 11.6. The van der Waals surface area contributed by atoms with Crippen LogP contribution in [0.4, 0.5) is 0 Å². The first-order valence-corrected chi connectivity index (χ1v) is 6.48. The summed E-state index contributed by atoms with van der Waals surface area (Å²) in [5.74, 6) is -0.0174. The van der Waals surface area contributed by atoms with Gasteiger partial charge < -0.3 is 10.9 Å². The summed E-state index contributed by atoms with van der Waals surface area (Å²) in [6.07, 6.45) is 0. The van der Waals surface area contributed by atoms with Crippen molar-refractivity contribution in [2.45, 2.75) is 23.9 Å². The molecule has 0 saturated carbocycles. The standard InChI is InChI=1S/C13H14N4OS/c1-8-3-5-10(6-4-8)19-13-15-9(2)7-11(16-13)12(14)17-18/h3-7,18H,1-2H3,(H2,14,17). The fraction of sp³-hybridized carbons (Fsp3) is 0.154. The number of nitrogens with two attached hydrogens (primary N) is 1. The Kier molecular flexibility index (Phi) is 4.01. The summed E-state index contributed by atoms with van der Waals surface area (Å²) in [7, 11) is 0. The fourth-order valence-electron chi connectivity index (χ4n) is 1.48. The predicted octanol–water partition coefficient (Wildman–Crippen LogP) is 2.34. The van der Waals surface area contributed by atoms with Crippen LogP contribution in [0.15, 0.2) is 45.5 Å². The molecule has 0 aliphatic rings. The third-order valence-corrected chi connectivity index (χ3v) is 3.31. The number of benzene rings is 1. The van der Waals surface area contributed by atoms with Crippen LogP contribution in [-0.2, 0) is 0 Å². The van der Waals surface area contributed by atoms with Crippen LogP contribution in [0.5, 0.6) is 0 Å². The van der Waals surface area contributed by atoms with E-state index in [1.54, 1.807) is 6.07 Å². The van der Waals surface area contributed by atoms with Crippen molar-refractivity contribution in [3.8, 4) is 0 Å². The Bertz CT molecular complexity index is 611. The molecule has 0 atom stereocenters. The van der Waals surface area contributed by atoms with Gasteiger partial charge in [-0.25, -0.2) is 9.97 Å². The van der Waals surface area contributed by atoms with Crippen LogP contribution < -0.4 is 5.73 Å². The molecule has 0 aliphatic heterocycles. The minimum atomic E-state index is -0.0174. The lowest BCUT2D eigenvalue weighted by molar-refractivity contribution is 0.318. The largest absolute Gasteiger partial charge is 0.409 e. The molecule has 1 aromatic carbocycles. The second kappa shape index (κ2) is 5.71. The molecule has 6 heteroatoms. The lowest BCUT2D eigenvalue weighted by atomic mass is 10.2. The zero-order chi connectivity index (χ0) is 13.8. The van der Waals surface area contributed by atoms with Gasteiger partial charge >= 0.3 is 0 Å². The van der Waals surface area contributed by atoms with E-state index in [1.165, 1.54) is 17.3 Å². The Hall–Kier alpha value is -2.08. The third kappa shape index (κ3) is 3.45. The summed E-state index contributed by atoms with van der Waals surface area (Å²) >= 11 is 1.44. The molecule has 0 unspecified atom stereocenters. The fourth-order valence-corrected chi connectivity index (χ4v) is 2.30. The zero-order valence-corrected chi connectivity index (χ0v) is 11.5. The Morgan fingerprint density at radius 1 is 1.21 bits per heavy atom. The highest BCUT2D eigenvalue weighted by molar-refractivity contribution is 7.99. The van der Waals surface area contributed by atoms with Crippen LogP contribution >= 0.6 is 11.8 Å². The number of hydrogen-bond donors (Lipinski definition) is 2. The van der Waals surface area contributed by atoms with Crippen LogP contribution in [0.3, 0.4) is 0 Å². The zero-order valence-electron chi connectivity index (χ0n) is 10.7. The van der Waals surface area contributed by atoms with E-state index >= 15 is 0 Å². The average Bonchev–Trinajstić information content (AvgIpc) is 2.40. The van der Waals surface area contributed by atoms with Crippen LogP contribution in [-0.4, -0.2) is 21.0 Å². The summed E-state index contributed by atoms with van der Waals surface area (Å²) in [5, 5.41) is 12.2. The van der Waals surface area contributed by atoms with E-state index in [4.69, 9.17) is 10.9 Å². The molecule has 0 fully saturated rings. The van der Waals surface area contributed by atoms with Gasteiger partial charge in [0.15, 0.2) is 11.0 Å². The predicted molar refractivity (Wildman–Crippen MR) is 74.6 cm³/mol. The second-order valence-corrected chi connectivity index (χ2v) is 5.12. The van der Waals surface area contributed by atoms with Crippen LogP contribution in [0.1, 0.15) is 17.0 Å².